The fourth-order valence-electron chi connectivity index (χ4n) is 4.51. The molecule has 0 radical (unpaired) electrons. The smallest absolute Gasteiger partial charge is 0.419 e. The molecule has 5 rings (SSSR count). The van der Waals surface area contributed by atoms with E-state index in [0.29, 0.717) is 27.9 Å². The third-order valence-corrected chi connectivity index (χ3v) is 6.67. The molecule has 1 heterocycles. The van der Waals surface area contributed by atoms with Crippen LogP contribution in [0.15, 0.2) is 89.5 Å². The molecule has 1 N–H and O–H groups in total. The third-order valence-electron chi connectivity index (χ3n) is 6.36. The van der Waals surface area contributed by atoms with E-state index in [1.54, 1.807) is 38.1 Å². The zero-order chi connectivity index (χ0) is 27.5. The van der Waals surface area contributed by atoms with Gasteiger partial charge in [-0.15, -0.1) is 0 Å². The largest absolute Gasteiger partial charge is 0.481 e. The average molecular weight is 541 g/mol. The lowest BCUT2D eigenvalue weighted by molar-refractivity contribution is -0.136. The van der Waals surface area contributed by atoms with Crippen LogP contribution in [0.1, 0.15) is 18.2 Å². The molecule has 1 aromatic heterocycles. The Balaban J connectivity index is 1.53. The van der Waals surface area contributed by atoms with E-state index < -0.39 is 12.1 Å². The molecule has 8 heteroatoms. The number of fused-ring (bicyclic) bond motifs is 1. The van der Waals surface area contributed by atoms with Gasteiger partial charge in [-0.2, -0.15) is 0 Å². The molecule has 0 unspecified atom stereocenters. The van der Waals surface area contributed by atoms with Crippen molar-refractivity contribution in [2.24, 2.45) is 0 Å². The highest BCUT2D eigenvalue weighted by Gasteiger charge is 2.30. The molecule has 0 saturated heterocycles. The van der Waals surface area contributed by atoms with Crippen molar-refractivity contribution in [1.82, 2.24) is 5.16 Å². The molecule has 0 fully saturated rings. The zero-order valence-electron chi connectivity index (χ0n) is 21.3. The first kappa shape index (κ1) is 26.0. The number of hydrogen-bond donors (Lipinski definition) is 1. The van der Waals surface area contributed by atoms with E-state index in [-0.39, 0.29) is 13.0 Å². The molecule has 5 aromatic rings. The van der Waals surface area contributed by atoms with Gasteiger partial charge in [0.1, 0.15) is 11.4 Å². The lowest BCUT2D eigenvalue weighted by Crippen LogP contribution is -2.27. The van der Waals surface area contributed by atoms with Crippen LogP contribution in [0.4, 0.5) is 16.2 Å². The third kappa shape index (κ3) is 5.35. The summed E-state index contributed by atoms with van der Waals surface area (Å²) in [5, 5.41) is 15.7. The summed E-state index contributed by atoms with van der Waals surface area (Å²) in [7, 11) is 0. The number of hydrogen-bond acceptors (Lipinski definition) is 5. The summed E-state index contributed by atoms with van der Waals surface area (Å²) in [4.78, 5) is 25.5. The predicted molar refractivity (Wildman–Crippen MR) is 152 cm³/mol. The van der Waals surface area contributed by atoms with Crippen molar-refractivity contribution in [3.63, 3.8) is 0 Å². The quantitative estimate of drug-likeness (QED) is 0.224. The van der Waals surface area contributed by atoms with E-state index in [0.717, 1.165) is 33.0 Å². The molecular formula is C31H25ClN2O5. The summed E-state index contributed by atoms with van der Waals surface area (Å²) >= 11 is 6.48. The second-order valence-corrected chi connectivity index (χ2v) is 9.37. The van der Waals surface area contributed by atoms with E-state index in [1.165, 1.54) is 4.90 Å². The van der Waals surface area contributed by atoms with Gasteiger partial charge in [0.05, 0.1) is 23.7 Å². The maximum Gasteiger partial charge on any atom is 0.419 e. The zero-order valence-corrected chi connectivity index (χ0v) is 22.1. The van der Waals surface area contributed by atoms with Gasteiger partial charge in [0.2, 0.25) is 0 Å². The molecule has 0 aliphatic carbocycles. The van der Waals surface area contributed by atoms with Crippen molar-refractivity contribution in [2.45, 2.75) is 20.3 Å². The molecule has 0 aliphatic rings. The molecule has 196 valence electrons. The van der Waals surface area contributed by atoms with Crippen LogP contribution in [-0.2, 0) is 16.0 Å². The van der Waals surface area contributed by atoms with Crippen LogP contribution in [-0.4, -0.2) is 28.9 Å². The lowest BCUT2D eigenvalue weighted by atomic mass is 9.98. The Morgan fingerprint density at radius 3 is 2.23 bits per heavy atom. The van der Waals surface area contributed by atoms with Crippen molar-refractivity contribution in [1.29, 1.82) is 0 Å². The van der Waals surface area contributed by atoms with Gasteiger partial charge in [-0.1, -0.05) is 77.4 Å². The minimum atomic E-state index is -0.855. The number of aliphatic carboxylic acids is 1. The van der Waals surface area contributed by atoms with Crippen LogP contribution in [0.2, 0.25) is 5.02 Å². The number of ether oxygens (including phenoxy) is 1. The highest BCUT2D eigenvalue weighted by molar-refractivity contribution is 6.34. The molecular weight excluding hydrogens is 516 g/mol. The van der Waals surface area contributed by atoms with Gasteiger partial charge in [0, 0.05) is 5.56 Å². The number of para-hydroxylation sites is 1. The van der Waals surface area contributed by atoms with E-state index in [1.807, 2.05) is 54.6 Å². The molecule has 7 nitrogen and oxygen atoms in total. The minimum Gasteiger partial charge on any atom is -0.481 e. The number of carboxylic acids is 1. The van der Waals surface area contributed by atoms with Crippen LogP contribution >= 0.6 is 11.6 Å². The Morgan fingerprint density at radius 2 is 1.56 bits per heavy atom. The second kappa shape index (κ2) is 11.0. The van der Waals surface area contributed by atoms with Crippen molar-refractivity contribution >= 4 is 45.8 Å². The maximum atomic E-state index is 13.1. The van der Waals surface area contributed by atoms with Crippen molar-refractivity contribution < 1.29 is 24.0 Å². The number of benzene rings is 4. The van der Waals surface area contributed by atoms with Crippen LogP contribution in [0.5, 0.6) is 0 Å². The van der Waals surface area contributed by atoms with Crippen LogP contribution < -0.4 is 4.90 Å². The van der Waals surface area contributed by atoms with E-state index in [9.17, 15) is 9.59 Å². The number of aryl methyl sites for hydroxylation is 1. The number of carbonyl (C=O) groups is 2. The van der Waals surface area contributed by atoms with Crippen LogP contribution in [0.3, 0.4) is 0 Å². The van der Waals surface area contributed by atoms with Gasteiger partial charge in [-0.05, 0) is 65.6 Å². The van der Waals surface area contributed by atoms with Crippen molar-refractivity contribution in [2.75, 3.05) is 11.5 Å². The summed E-state index contributed by atoms with van der Waals surface area (Å²) in [6.07, 6.45) is -0.591. The lowest BCUT2D eigenvalue weighted by Gasteiger charge is -2.23. The van der Waals surface area contributed by atoms with Crippen LogP contribution in [0, 0.1) is 6.92 Å². The second-order valence-electron chi connectivity index (χ2n) is 8.97. The SMILES string of the molecule is CCOC(=O)N(c1ccccc1Cl)c1c(-c2ccc3cc(-c4ccc(CC(=O)O)cc4)ccc3c2)noc1C. The summed E-state index contributed by atoms with van der Waals surface area (Å²) in [6, 6.07) is 26.6. The molecule has 0 bridgehead atoms. The van der Waals surface area contributed by atoms with Gasteiger partial charge in [-0.3, -0.25) is 4.79 Å². The highest BCUT2D eigenvalue weighted by atomic mass is 35.5. The first-order chi connectivity index (χ1) is 18.9. The Hall–Kier alpha value is -4.62. The number of carbonyl (C=O) groups excluding carboxylic acids is 1. The summed E-state index contributed by atoms with van der Waals surface area (Å²) in [5.41, 5.74) is 4.94. The Labute approximate surface area is 230 Å². The molecule has 0 aliphatic heterocycles. The van der Waals surface area contributed by atoms with Gasteiger partial charge >= 0.3 is 12.1 Å². The normalized spacial score (nSPS) is 10.9. The van der Waals surface area contributed by atoms with E-state index >= 15 is 0 Å². The Bertz CT molecular complexity index is 1680. The number of anilines is 2. The van der Waals surface area contributed by atoms with E-state index in [4.69, 9.17) is 26.0 Å². The number of rotatable bonds is 7. The molecule has 39 heavy (non-hydrogen) atoms. The fraction of sp³-hybridized carbons (Fsp3) is 0.129. The number of carboxylic acid groups (broad SMARTS) is 1. The fourth-order valence-corrected chi connectivity index (χ4v) is 4.73. The molecule has 0 spiro atoms. The Kier molecular flexibility index (Phi) is 7.34. The molecule has 0 atom stereocenters. The Morgan fingerprint density at radius 1 is 0.923 bits per heavy atom. The highest BCUT2D eigenvalue weighted by Crippen LogP contribution is 2.41. The average Bonchev–Trinajstić information content (AvgIpc) is 3.30. The predicted octanol–water partition coefficient (Wildman–Crippen LogP) is 8.05. The first-order valence-electron chi connectivity index (χ1n) is 12.4. The summed E-state index contributed by atoms with van der Waals surface area (Å²) < 4.78 is 10.9. The maximum absolute atomic E-state index is 13.1. The van der Waals surface area contributed by atoms with Gasteiger partial charge in [-0.25, -0.2) is 9.69 Å². The molecule has 4 aromatic carbocycles. The topological polar surface area (TPSA) is 92.9 Å². The molecule has 1 amide bonds. The van der Waals surface area contributed by atoms with Gasteiger partial charge in [0.25, 0.3) is 0 Å². The number of halogens is 1. The number of aromatic nitrogens is 1. The van der Waals surface area contributed by atoms with E-state index in [2.05, 4.69) is 11.2 Å². The monoisotopic (exact) mass is 540 g/mol. The van der Waals surface area contributed by atoms with Crippen molar-refractivity contribution in [3.05, 3.63) is 101 Å². The minimum absolute atomic E-state index is 0.00560. The number of nitrogens with zero attached hydrogens (tertiary/aromatic N) is 2. The van der Waals surface area contributed by atoms with Crippen LogP contribution in [0.25, 0.3) is 33.2 Å². The first-order valence-corrected chi connectivity index (χ1v) is 12.8. The van der Waals surface area contributed by atoms with Gasteiger partial charge in [0.15, 0.2) is 5.76 Å². The summed E-state index contributed by atoms with van der Waals surface area (Å²) in [6.45, 7) is 3.68. The van der Waals surface area contributed by atoms with Crippen molar-refractivity contribution in [3.8, 4) is 22.4 Å². The summed E-state index contributed by atoms with van der Waals surface area (Å²) in [5.74, 6) is -0.410. The standard InChI is InChI=1S/C31H25ClN2O5/c1-3-38-31(37)34(27-7-5-4-6-26(27)32)30-19(2)39-33-29(30)25-15-14-23-17-22(12-13-24(23)18-25)21-10-8-20(9-11-21)16-28(35)36/h4-15,17-18H,3,16H2,1-2H3,(H,35,36). The molecule has 0 saturated carbocycles. The number of amides is 1. The van der Waals surface area contributed by atoms with Gasteiger partial charge < -0.3 is 14.4 Å².